The van der Waals surface area contributed by atoms with E-state index in [0.29, 0.717) is 0 Å². The van der Waals surface area contributed by atoms with Crippen LogP contribution >= 0.6 is 0 Å². The normalized spacial score (nSPS) is 13.4. The molecule has 2 N–H and O–H groups in total. The van der Waals surface area contributed by atoms with Crippen LogP contribution in [0.2, 0.25) is 0 Å². The van der Waals surface area contributed by atoms with Crippen molar-refractivity contribution in [3.63, 3.8) is 0 Å². The Morgan fingerprint density at radius 2 is 2.05 bits per heavy atom. The molecule has 108 valence electrons. The van der Waals surface area contributed by atoms with Gasteiger partial charge in [0.25, 0.3) is 5.92 Å². The molecule has 0 saturated heterocycles. The van der Waals surface area contributed by atoms with E-state index in [0.717, 1.165) is 11.3 Å². The Morgan fingerprint density at radius 3 is 2.60 bits per heavy atom. The topological polar surface area (TPSA) is 50.1 Å². The van der Waals surface area contributed by atoms with Gasteiger partial charge in [-0.05, 0) is 24.6 Å². The molecule has 6 heteroatoms. The van der Waals surface area contributed by atoms with E-state index in [9.17, 15) is 8.78 Å². The number of hydrogen-bond donors (Lipinski definition) is 2. The van der Waals surface area contributed by atoms with Crippen molar-refractivity contribution >= 4 is 0 Å². The van der Waals surface area contributed by atoms with E-state index in [2.05, 4.69) is 10.3 Å². The van der Waals surface area contributed by atoms with Crippen LogP contribution in [-0.2, 0) is 0 Å². The van der Waals surface area contributed by atoms with Gasteiger partial charge in [0.1, 0.15) is 6.61 Å². The third-order valence-electron chi connectivity index (χ3n) is 3.09. The van der Waals surface area contributed by atoms with Gasteiger partial charge in [-0.1, -0.05) is 12.1 Å². The van der Waals surface area contributed by atoms with Gasteiger partial charge in [-0.25, -0.2) is 13.8 Å². The lowest BCUT2D eigenvalue weighted by Gasteiger charge is -2.19. The van der Waals surface area contributed by atoms with E-state index in [1.807, 2.05) is 35.0 Å². The summed E-state index contributed by atoms with van der Waals surface area (Å²) in [4.78, 5) is 3.97. The predicted molar refractivity (Wildman–Crippen MR) is 72.0 cm³/mol. The fourth-order valence-corrected chi connectivity index (χ4v) is 1.82. The molecule has 20 heavy (non-hydrogen) atoms. The maximum absolute atomic E-state index is 13.0. The van der Waals surface area contributed by atoms with Gasteiger partial charge in [-0.15, -0.1) is 0 Å². The van der Waals surface area contributed by atoms with Crippen LogP contribution in [0.4, 0.5) is 8.78 Å². The number of nitrogens with zero attached hydrogens (tertiary/aromatic N) is 2. The Bertz CT molecular complexity index is 526. The zero-order valence-corrected chi connectivity index (χ0v) is 11.1. The first-order chi connectivity index (χ1) is 9.52. The molecule has 0 aliphatic heterocycles. The fourth-order valence-electron chi connectivity index (χ4n) is 1.82. The molecule has 2 aromatic rings. The Hall–Kier alpha value is -1.79. The molecule has 0 aliphatic carbocycles. The summed E-state index contributed by atoms with van der Waals surface area (Å²) in [6.45, 7) is 0.111. The molecular weight excluding hydrogens is 264 g/mol. The monoisotopic (exact) mass is 281 g/mol. The quantitative estimate of drug-likeness (QED) is 0.853. The zero-order chi connectivity index (χ0) is 14.6. The number of hydrogen-bond acceptors (Lipinski definition) is 3. The van der Waals surface area contributed by atoms with Crippen molar-refractivity contribution in [2.24, 2.45) is 0 Å². The lowest BCUT2D eigenvalue weighted by molar-refractivity contribution is -0.0490. The van der Waals surface area contributed by atoms with Crippen molar-refractivity contribution in [2.45, 2.75) is 18.9 Å². The summed E-state index contributed by atoms with van der Waals surface area (Å²) in [5.74, 6) is -3.09. The minimum Gasteiger partial charge on any atom is -0.390 e. The maximum atomic E-state index is 13.0. The third kappa shape index (κ3) is 3.61. The van der Waals surface area contributed by atoms with E-state index in [1.165, 1.54) is 0 Å². The molecule has 0 amide bonds. The molecule has 4 nitrogen and oxygen atoms in total. The van der Waals surface area contributed by atoms with Gasteiger partial charge in [-0.3, -0.25) is 0 Å². The Labute approximate surface area is 116 Å². The van der Waals surface area contributed by atoms with E-state index < -0.39 is 19.1 Å². The summed E-state index contributed by atoms with van der Waals surface area (Å²) in [5.41, 5.74) is 1.86. The Kier molecular flexibility index (Phi) is 4.46. The van der Waals surface area contributed by atoms with Crippen LogP contribution in [0.1, 0.15) is 18.5 Å². The third-order valence-corrected chi connectivity index (χ3v) is 3.09. The van der Waals surface area contributed by atoms with Crippen LogP contribution < -0.4 is 5.32 Å². The first-order valence-electron chi connectivity index (χ1n) is 6.32. The van der Waals surface area contributed by atoms with Gasteiger partial charge in [0.05, 0.1) is 12.9 Å². The van der Waals surface area contributed by atoms with Crippen molar-refractivity contribution in [2.75, 3.05) is 13.2 Å². The van der Waals surface area contributed by atoms with E-state index in [-0.39, 0.29) is 6.04 Å². The van der Waals surface area contributed by atoms with E-state index >= 15 is 0 Å². The van der Waals surface area contributed by atoms with E-state index in [4.69, 9.17) is 5.11 Å². The molecule has 2 rings (SSSR count). The van der Waals surface area contributed by atoms with Crippen molar-refractivity contribution in [3.8, 4) is 5.69 Å². The predicted octanol–water partition coefficient (Wildman–Crippen LogP) is 2.15. The van der Waals surface area contributed by atoms with Gasteiger partial charge in [0.15, 0.2) is 0 Å². The van der Waals surface area contributed by atoms with Crippen LogP contribution in [0, 0.1) is 0 Å². The second-order valence-corrected chi connectivity index (χ2v) is 4.68. The van der Waals surface area contributed by atoms with Crippen LogP contribution in [0.3, 0.4) is 0 Å². The number of aromatic nitrogens is 2. The van der Waals surface area contributed by atoms with E-state index in [1.54, 1.807) is 19.4 Å². The molecular formula is C14H17F2N3O. The smallest absolute Gasteiger partial charge is 0.282 e. The first-order valence-corrected chi connectivity index (χ1v) is 6.32. The van der Waals surface area contributed by atoms with Gasteiger partial charge in [-0.2, -0.15) is 0 Å². The SMILES string of the molecule is CC(NCC(F)(F)CO)c1ccc(-n2ccnc2)cc1. The summed E-state index contributed by atoms with van der Waals surface area (Å²) >= 11 is 0. The van der Waals surface area contributed by atoms with Crippen molar-refractivity contribution in [1.82, 2.24) is 14.9 Å². The zero-order valence-electron chi connectivity index (χ0n) is 11.1. The maximum Gasteiger partial charge on any atom is 0.282 e. The number of halogens is 2. The summed E-state index contributed by atoms with van der Waals surface area (Å²) in [6.07, 6.45) is 5.21. The highest BCUT2D eigenvalue weighted by Gasteiger charge is 2.27. The van der Waals surface area contributed by atoms with Gasteiger partial charge >= 0.3 is 0 Å². The van der Waals surface area contributed by atoms with Gasteiger partial charge in [0.2, 0.25) is 0 Å². The highest BCUT2D eigenvalue weighted by molar-refractivity contribution is 5.35. The van der Waals surface area contributed by atoms with Crippen LogP contribution in [0.15, 0.2) is 43.0 Å². The van der Waals surface area contributed by atoms with Crippen molar-refractivity contribution in [1.29, 1.82) is 0 Å². The van der Waals surface area contributed by atoms with Crippen molar-refractivity contribution in [3.05, 3.63) is 48.5 Å². The molecule has 0 radical (unpaired) electrons. The number of benzene rings is 1. The number of aliphatic hydroxyl groups is 1. The largest absolute Gasteiger partial charge is 0.390 e. The summed E-state index contributed by atoms with van der Waals surface area (Å²) in [6, 6.07) is 7.34. The van der Waals surface area contributed by atoms with Crippen LogP contribution in [-0.4, -0.2) is 33.7 Å². The molecule has 0 bridgehead atoms. The highest BCUT2D eigenvalue weighted by atomic mass is 19.3. The molecule has 1 unspecified atom stereocenters. The molecule has 1 aromatic carbocycles. The first kappa shape index (κ1) is 14.6. The van der Waals surface area contributed by atoms with Crippen LogP contribution in [0.5, 0.6) is 0 Å². The fraction of sp³-hybridized carbons (Fsp3) is 0.357. The summed E-state index contributed by atoms with van der Waals surface area (Å²) < 4.78 is 27.8. The lowest BCUT2D eigenvalue weighted by atomic mass is 10.1. The number of nitrogens with one attached hydrogen (secondary N) is 1. The summed E-state index contributed by atoms with van der Waals surface area (Å²) in [5, 5.41) is 11.2. The second kappa shape index (κ2) is 6.11. The molecule has 0 spiro atoms. The molecule has 0 fully saturated rings. The lowest BCUT2D eigenvalue weighted by Crippen LogP contribution is -2.37. The van der Waals surface area contributed by atoms with Gasteiger partial charge < -0.3 is 15.0 Å². The average molecular weight is 281 g/mol. The van der Waals surface area contributed by atoms with Crippen LogP contribution in [0.25, 0.3) is 5.69 Å². The average Bonchev–Trinajstić information content (AvgIpc) is 2.99. The molecule has 0 aliphatic rings. The number of aliphatic hydroxyl groups excluding tert-OH is 1. The van der Waals surface area contributed by atoms with Gasteiger partial charge in [0, 0.05) is 24.1 Å². The Morgan fingerprint density at radius 1 is 1.35 bits per heavy atom. The standard InChI is InChI=1S/C14H17F2N3O/c1-11(18-8-14(15,16)9-20)12-2-4-13(5-3-12)19-7-6-17-10-19/h2-7,10-11,18,20H,8-9H2,1H3. The number of rotatable bonds is 6. The summed E-state index contributed by atoms with van der Waals surface area (Å²) in [7, 11) is 0. The minimum atomic E-state index is -3.09. The molecule has 1 aromatic heterocycles. The molecule has 0 saturated carbocycles. The highest BCUT2D eigenvalue weighted by Crippen LogP contribution is 2.17. The Balaban J connectivity index is 1.99. The second-order valence-electron chi connectivity index (χ2n) is 4.68. The number of imidazole rings is 1. The minimum absolute atomic E-state index is 0.218. The number of alkyl halides is 2. The van der Waals surface area contributed by atoms with Crippen molar-refractivity contribution < 1.29 is 13.9 Å². The molecule has 1 heterocycles. The molecule has 1 atom stereocenters.